The van der Waals surface area contributed by atoms with Gasteiger partial charge in [0.25, 0.3) is 0 Å². The fraction of sp³-hybridized carbons (Fsp3) is 0.533. The Labute approximate surface area is 118 Å². The molecule has 0 bridgehead atoms. The van der Waals surface area contributed by atoms with Crippen molar-refractivity contribution in [2.75, 3.05) is 13.6 Å². The van der Waals surface area contributed by atoms with Crippen molar-refractivity contribution in [3.05, 3.63) is 30.1 Å². The number of rotatable bonds is 5. The molecule has 2 atom stereocenters. The van der Waals surface area contributed by atoms with E-state index in [1.807, 2.05) is 12.1 Å². The summed E-state index contributed by atoms with van der Waals surface area (Å²) in [6.45, 7) is 0.650. The normalized spacial score (nSPS) is 21.6. The number of carboxylic acid groups (broad SMARTS) is 1. The van der Waals surface area contributed by atoms with Gasteiger partial charge in [-0.25, -0.2) is 0 Å². The standard InChI is InChI=1S/C15H20N2O3/c1-17(9-6-11-4-7-16-8-5-11)14(18)12-2-3-13(10-12)15(19)20/h4-5,7-8,12-13H,2-3,6,9-10H2,1H3,(H,19,20). The van der Waals surface area contributed by atoms with Crippen LogP contribution in [-0.2, 0) is 16.0 Å². The smallest absolute Gasteiger partial charge is 0.306 e. The molecule has 1 heterocycles. The lowest BCUT2D eigenvalue weighted by Gasteiger charge is -2.21. The third-order valence-electron chi connectivity index (χ3n) is 3.99. The van der Waals surface area contributed by atoms with Crippen LogP contribution in [0.25, 0.3) is 0 Å². The largest absolute Gasteiger partial charge is 0.481 e. The molecule has 0 aromatic carbocycles. The van der Waals surface area contributed by atoms with Crippen molar-refractivity contribution in [3.8, 4) is 0 Å². The molecular formula is C15H20N2O3. The van der Waals surface area contributed by atoms with Gasteiger partial charge in [0, 0.05) is 31.9 Å². The Morgan fingerprint density at radius 1 is 1.30 bits per heavy atom. The number of carboxylic acids is 1. The van der Waals surface area contributed by atoms with Gasteiger partial charge in [-0.2, -0.15) is 0 Å². The van der Waals surface area contributed by atoms with Crippen molar-refractivity contribution in [1.82, 2.24) is 9.88 Å². The van der Waals surface area contributed by atoms with Crippen molar-refractivity contribution in [1.29, 1.82) is 0 Å². The second kappa shape index (κ2) is 6.50. The van der Waals surface area contributed by atoms with Gasteiger partial charge in [0.2, 0.25) is 5.91 Å². The fourth-order valence-electron chi connectivity index (χ4n) is 2.70. The highest BCUT2D eigenvalue weighted by Gasteiger charge is 2.34. The Kier molecular flexibility index (Phi) is 4.71. The second-order valence-corrected chi connectivity index (χ2v) is 5.41. The monoisotopic (exact) mass is 276 g/mol. The summed E-state index contributed by atoms with van der Waals surface area (Å²) in [4.78, 5) is 28.9. The Morgan fingerprint density at radius 3 is 2.55 bits per heavy atom. The molecule has 1 aliphatic carbocycles. The van der Waals surface area contributed by atoms with Crippen LogP contribution in [-0.4, -0.2) is 40.5 Å². The SMILES string of the molecule is CN(CCc1ccncc1)C(=O)C1CCC(C(=O)O)C1. The van der Waals surface area contributed by atoms with Gasteiger partial charge in [-0.05, 0) is 43.4 Å². The Bertz CT molecular complexity index is 475. The number of hydrogen-bond acceptors (Lipinski definition) is 3. The van der Waals surface area contributed by atoms with Gasteiger partial charge in [-0.15, -0.1) is 0 Å². The third-order valence-corrected chi connectivity index (χ3v) is 3.99. The van der Waals surface area contributed by atoms with Crippen LogP contribution in [0.2, 0.25) is 0 Å². The molecule has 0 aliphatic heterocycles. The summed E-state index contributed by atoms with van der Waals surface area (Å²) in [7, 11) is 1.79. The van der Waals surface area contributed by atoms with E-state index in [1.165, 1.54) is 0 Å². The molecule has 2 unspecified atom stereocenters. The van der Waals surface area contributed by atoms with Crippen LogP contribution in [0.15, 0.2) is 24.5 Å². The highest BCUT2D eigenvalue weighted by atomic mass is 16.4. The molecule has 20 heavy (non-hydrogen) atoms. The molecule has 1 N–H and O–H groups in total. The molecule has 5 nitrogen and oxygen atoms in total. The Balaban J connectivity index is 1.82. The predicted octanol–water partition coefficient (Wildman–Crippen LogP) is 1.58. The van der Waals surface area contributed by atoms with Crippen LogP contribution in [0.4, 0.5) is 0 Å². The molecule has 1 aliphatic rings. The maximum absolute atomic E-state index is 12.3. The lowest BCUT2D eigenvalue weighted by atomic mass is 10.0. The van der Waals surface area contributed by atoms with Crippen LogP contribution in [0.3, 0.4) is 0 Å². The third kappa shape index (κ3) is 3.56. The van der Waals surface area contributed by atoms with E-state index in [2.05, 4.69) is 4.98 Å². The molecule has 1 aromatic rings. The second-order valence-electron chi connectivity index (χ2n) is 5.41. The van der Waals surface area contributed by atoms with Gasteiger partial charge in [-0.1, -0.05) is 0 Å². The first-order valence-corrected chi connectivity index (χ1v) is 6.94. The lowest BCUT2D eigenvalue weighted by molar-refractivity contribution is -0.141. The van der Waals surface area contributed by atoms with E-state index in [4.69, 9.17) is 5.11 Å². The first kappa shape index (κ1) is 14.5. The quantitative estimate of drug-likeness (QED) is 0.886. The number of hydrogen-bond donors (Lipinski definition) is 1. The zero-order valence-corrected chi connectivity index (χ0v) is 11.7. The van der Waals surface area contributed by atoms with Crippen molar-refractivity contribution < 1.29 is 14.7 Å². The molecule has 0 spiro atoms. The molecule has 2 rings (SSSR count). The zero-order chi connectivity index (χ0) is 14.5. The Morgan fingerprint density at radius 2 is 1.95 bits per heavy atom. The highest BCUT2D eigenvalue weighted by molar-refractivity contribution is 5.80. The number of likely N-dealkylation sites (N-methyl/N-ethyl adjacent to an activating group) is 1. The summed E-state index contributed by atoms with van der Waals surface area (Å²) in [5.74, 6) is -1.18. The molecule has 1 amide bonds. The van der Waals surface area contributed by atoms with Gasteiger partial charge in [-0.3, -0.25) is 14.6 Å². The van der Waals surface area contributed by atoms with Crippen molar-refractivity contribution >= 4 is 11.9 Å². The van der Waals surface area contributed by atoms with E-state index in [-0.39, 0.29) is 17.7 Å². The molecular weight excluding hydrogens is 256 g/mol. The van der Waals surface area contributed by atoms with Crippen LogP contribution >= 0.6 is 0 Å². The van der Waals surface area contributed by atoms with E-state index in [9.17, 15) is 9.59 Å². The van der Waals surface area contributed by atoms with E-state index >= 15 is 0 Å². The number of nitrogens with zero attached hydrogens (tertiary/aromatic N) is 2. The lowest BCUT2D eigenvalue weighted by Crippen LogP contribution is -2.33. The number of pyridine rings is 1. The van der Waals surface area contributed by atoms with E-state index in [1.54, 1.807) is 24.3 Å². The molecule has 0 saturated heterocycles. The van der Waals surface area contributed by atoms with E-state index in [0.29, 0.717) is 25.8 Å². The van der Waals surface area contributed by atoms with E-state index < -0.39 is 5.97 Å². The highest BCUT2D eigenvalue weighted by Crippen LogP contribution is 2.32. The summed E-state index contributed by atoms with van der Waals surface area (Å²) in [5, 5.41) is 8.97. The predicted molar refractivity (Wildman–Crippen MR) is 74.0 cm³/mol. The summed E-state index contributed by atoms with van der Waals surface area (Å²) >= 11 is 0. The number of amides is 1. The Hall–Kier alpha value is -1.91. The summed E-state index contributed by atoms with van der Waals surface area (Å²) in [5.41, 5.74) is 1.15. The minimum absolute atomic E-state index is 0.0720. The minimum Gasteiger partial charge on any atom is -0.481 e. The van der Waals surface area contributed by atoms with E-state index in [0.717, 1.165) is 12.0 Å². The molecule has 1 fully saturated rings. The van der Waals surface area contributed by atoms with Crippen molar-refractivity contribution in [2.45, 2.75) is 25.7 Å². The molecule has 1 saturated carbocycles. The van der Waals surface area contributed by atoms with Crippen molar-refractivity contribution in [2.24, 2.45) is 11.8 Å². The zero-order valence-electron chi connectivity index (χ0n) is 11.7. The van der Waals surface area contributed by atoms with Crippen LogP contribution in [0, 0.1) is 11.8 Å². The maximum Gasteiger partial charge on any atom is 0.306 e. The van der Waals surface area contributed by atoms with Gasteiger partial charge in [0.05, 0.1) is 5.92 Å². The number of carbonyl (C=O) groups is 2. The van der Waals surface area contributed by atoms with Gasteiger partial charge in [0.1, 0.15) is 0 Å². The number of aliphatic carboxylic acids is 1. The van der Waals surface area contributed by atoms with Gasteiger partial charge < -0.3 is 10.0 Å². The van der Waals surface area contributed by atoms with Crippen molar-refractivity contribution in [3.63, 3.8) is 0 Å². The first-order valence-electron chi connectivity index (χ1n) is 6.94. The average molecular weight is 276 g/mol. The number of carbonyl (C=O) groups excluding carboxylic acids is 1. The average Bonchev–Trinajstić information content (AvgIpc) is 2.95. The van der Waals surface area contributed by atoms with Crippen LogP contribution < -0.4 is 0 Å². The molecule has 1 aromatic heterocycles. The van der Waals surface area contributed by atoms with Crippen LogP contribution in [0.1, 0.15) is 24.8 Å². The van der Waals surface area contributed by atoms with Crippen LogP contribution in [0.5, 0.6) is 0 Å². The molecule has 108 valence electrons. The summed E-state index contributed by atoms with van der Waals surface area (Å²) in [6, 6.07) is 3.88. The maximum atomic E-state index is 12.3. The molecule has 0 radical (unpaired) electrons. The summed E-state index contributed by atoms with van der Waals surface area (Å²) < 4.78 is 0. The molecule has 5 heteroatoms. The number of aromatic nitrogens is 1. The minimum atomic E-state index is -0.778. The fourth-order valence-corrected chi connectivity index (χ4v) is 2.70. The topological polar surface area (TPSA) is 70.5 Å². The van der Waals surface area contributed by atoms with Gasteiger partial charge >= 0.3 is 5.97 Å². The summed E-state index contributed by atoms with van der Waals surface area (Å²) in [6.07, 6.45) is 6.06. The first-order chi connectivity index (χ1) is 9.58. The van der Waals surface area contributed by atoms with Gasteiger partial charge in [0.15, 0.2) is 0 Å².